The SMILES string of the molecule is Cc1cc(C)cc(-c2ccc3c(c2)c2cc(-c4cc(C)cc(C)c4)ccc2n3-c2cc(C#N)cc(-n3c4ccc(-c5cc(C)cc(C)c5)cc4c4cc(-c5cc(C)cc(C)c5)ccc43)c2-c2ccc(C(F)(F)F)cc2C)c1. The molecule has 0 aliphatic heterocycles. The zero-order valence-corrected chi connectivity index (χ0v) is 44.7. The minimum atomic E-state index is -4.55. The van der Waals surface area contributed by atoms with E-state index in [1.165, 1.54) is 56.6 Å². The minimum absolute atomic E-state index is 0.408. The van der Waals surface area contributed by atoms with Gasteiger partial charge in [0.1, 0.15) is 0 Å². The molecule has 2 aromatic heterocycles. The van der Waals surface area contributed by atoms with Crippen LogP contribution in [0.3, 0.4) is 0 Å². The molecule has 0 bridgehead atoms. The fourth-order valence-electron chi connectivity index (χ4n) is 12.3. The number of nitrogens with zero attached hydrogens (tertiary/aromatic N) is 3. The van der Waals surface area contributed by atoms with Crippen LogP contribution in [0.5, 0.6) is 0 Å². The van der Waals surface area contributed by atoms with Crippen LogP contribution in [0.4, 0.5) is 13.2 Å². The maximum Gasteiger partial charge on any atom is 0.416 e. The molecule has 0 saturated heterocycles. The highest BCUT2D eigenvalue weighted by Gasteiger charge is 2.32. The van der Waals surface area contributed by atoms with Crippen molar-refractivity contribution in [2.45, 2.75) is 68.5 Å². The second-order valence-electron chi connectivity index (χ2n) is 21.6. The van der Waals surface area contributed by atoms with E-state index in [4.69, 9.17) is 0 Å². The van der Waals surface area contributed by atoms with Crippen LogP contribution in [0.25, 0.3) is 111 Å². The summed E-state index contributed by atoms with van der Waals surface area (Å²) in [6.45, 7) is 18.7. The fourth-order valence-corrected chi connectivity index (χ4v) is 12.3. The first-order valence-electron chi connectivity index (χ1n) is 26.2. The summed E-state index contributed by atoms with van der Waals surface area (Å²) in [6.07, 6.45) is -4.55. The van der Waals surface area contributed by atoms with E-state index in [-0.39, 0.29) is 0 Å². The van der Waals surface area contributed by atoms with Gasteiger partial charge in [-0.2, -0.15) is 18.4 Å². The van der Waals surface area contributed by atoms with Gasteiger partial charge in [0, 0.05) is 27.1 Å². The van der Waals surface area contributed by atoms with Crippen molar-refractivity contribution < 1.29 is 13.2 Å². The van der Waals surface area contributed by atoms with Gasteiger partial charge in [0.2, 0.25) is 0 Å². The van der Waals surface area contributed by atoms with Crippen LogP contribution in [0.1, 0.15) is 61.2 Å². The number of halogens is 3. The Hall–Kier alpha value is -8.92. The van der Waals surface area contributed by atoms with Crippen molar-refractivity contribution in [1.82, 2.24) is 9.13 Å². The molecule has 0 atom stereocenters. The number of hydrogen-bond acceptors (Lipinski definition) is 1. The van der Waals surface area contributed by atoms with E-state index in [9.17, 15) is 18.4 Å². The molecule has 6 heteroatoms. The molecule has 12 aromatic rings. The Labute approximate surface area is 447 Å². The van der Waals surface area contributed by atoms with Crippen LogP contribution in [0, 0.1) is 73.6 Å². The van der Waals surface area contributed by atoms with Gasteiger partial charge in [0.05, 0.1) is 50.6 Å². The number of benzene rings is 10. The average molecular weight is 1010 g/mol. The van der Waals surface area contributed by atoms with Gasteiger partial charge in [-0.3, -0.25) is 0 Å². The summed E-state index contributed by atoms with van der Waals surface area (Å²) >= 11 is 0. The van der Waals surface area contributed by atoms with Gasteiger partial charge >= 0.3 is 6.18 Å². The number of alkyl halides is 3. The zero-order chi connectivity index (χ0) is 53.8. The van der Waals surface area contributed by atoms with E-state index in [1.807, 2.05) is 12.1 Å². The van der Waals surface area contributed by atoms with E-state index in [1.54, 1.807) is 13.0 Å². The van der Waals surface area contributed by atoms with Crippen molar-refractivity contribution in [3.8, 4) is 73.1 Å². The third-order valence-corrected chi connectivity index (χ3v) is 15.3. The number of aryl methyl sites for hydroxylation is 9. The van der Waals surface area contributed by atoms with Crippen molar-refractivity contribution in [2.75, 3.05) is 0 Å². The Morgan fingerprint density at radius 2 is 0.636 bits per heavy atom. The summed E-state index contributed by atoms with van der Waals surface area (Å²) in [5.41, 5.74) is 24.5. The predicted octanol–water partition coefficient (Wildman–Crippen LogP) is 19.9. The molecular formula is C71H56F3N3. The lowest BCUT2D eigenvalue weighted by Gasteiger charge is -2.22. The highest BCUT2D eigenvalue weighted by molar-refractivity contribution is 6.14. The number of rotatable bonds is 7. The largest absolute Gasteiger partial charge is 0.416 e. The zero-order valence-electron chi connectivity index (χ0n) is 44.7. The second kappa shape index (κ2) is 18.4. The topological polar surface area (TPSA) is 33.6 Å². The monoisotopic (exact) mass is 1010 g/mol. The molecular weight excluding hydrogens is 952 g/mol. The molecule has 12 rings (SSSR count). The van der Waals surface area contributed by atoms with Crippen LogP contribution in [-0.2, 0) is 6.18 Å². The molecule has 0 saturated carbocycles. The van der Waals surface area contributed by atoms with Crippen LogP contribution >= 0.6 is 0 Å². The smallest absolute Gasteiger partial charge is 0.308 e. The molecule has 77 heavy (non-hydrogen) atoms. The number of nitriles is 1. The Morgan fingerprint density at radius 3 is 0.896 bits per heavy atom. The summed E-state index contributed by atoms with van der Waals surface area (Å²) in [6, 6.07) is 63.1. The summed E-state index contributed by atoms with van der Waals surface area (Å²) in [5.74, 6) is 0. The van der Waals surface area contributed by atoms with Crippen LogP contribution in [0.2, 0.25) is 0 Å². The molecule has 0 aliphatic rings. The molecule has 0 amide bonds. The molecule has 376 valence electrons. The summed E-state index contributed by atoms with van der Waals surface area (Å²) in [7, 11) is 0. The molecule has 10 aromatic carbocycles. The van der Waals surface area contributed by atoms with Crippen molar-refractivity contribution in [3.05, 3.63) is 237 Å². The summed E-state index contributed by atoms with van der Waals surface area (Å²) in [5, 5.41) is 15.3. The van der Waals surface area contributed by atoms with Crippen LogP contribution in [0.15, 0.2) is 176 Å². The van der Waals surface area contributed by atoms with Gasteiger partial charge in [0.25, 0.3) is 0 Å². The van der Waals surface area contributed by atoms with Crippen molar-refractivity contribution in [2.24, 2.45) is 0 Å². The first-order valence-corrected chi connectivity index (χ1v) is 26.2. The quantitative estimate of drug-likeness (QED) is 0.157. The van der Waals surface area contributed by atoms with Crippen LogP contribution < -0.4 is 0 Å². The molecule has 0 aliphatic carbocycles. The number of fused-ring (bicyclic) bond motifs is 6. The van der Waals surface area contributed by atoms with Crippen molar-refractivity contribution >= 4 is 43.6 Å². The average Bonchev–Trinajstić information content (AvgIpc) is 4.09. The molecule has 3 nitrogen and oxygen atoms in total. The van der Waals surface area contributed by atoms with E-state index >= 15 is 0 Å². The molecule has 2 heterocycles. The van der Waals surface area contributed by atoms with Gasteiger partial charge < -0.3 is 9.13 Å². The lowest BCUT2D eigenvalue weighted by Crippen LogP contribution is -2.08. The molecule has 0 radical (unpaired) electrons. The van der Waals surface area contributed by atoms with Crippen molar-refractivity contribution in [1.29, 1.82) is 5.26 Å². The number of aromatic nitrogens is 2. The lowest BCUT2D eigenvalue weighted by atomic mass is 9.93. The fraction of sp³-hybridized carbons (Fsp3) is 0.141. The maximum atomic E-state index is 14.7. The van der Waals surface area contributed by atoms with E-state index in [0.29, 0.717) is 33.6 Å². The third-order valence-electron chi connectivity index (χ3n) is 15.3. The first-order chi connectivity index (χ1) is 36.9. The highest BCUT2D eigenvalue weighted by Crippen LogP contribution is 2.47. The van der Waals surface area contributed by atoms with Crippen molar-refractivity contribution in [3.63, 3.8) is 0 Å². The van der Waals surface area contributed by atoms with E-state index in [2.05, 4.69) is 216 Å². The number of hydrogen-bond donors (Lipinski definition) is 0. The normalized spacial score (nSPS) is 11.9. The van der Waals surface area contributed by atoms with E-state index in [0.717, 1.165) is 88.1 Å². The Balaban J connectivity index is 1.22. The molecule has 0 unspecified atom stereocenters. The highest BCUT2D eigenvalue weighted by atomic mass is 19.4. The Kier molecular flexibility index (Phi) is 11.7. The lowest BCUT2D eigenvalue weighted by molar-refractivity contribution is -0.137. The molecule has 0 fully saturated rings. The van der Waals surface area contributed by atoms with Gasteiger partial charge in [-0.05, 0) is 191 Å². The van der Waals surface area contributed by atoms with Gasteiger partial charge in [0.15, 0.2) is 0 Å². The Bertz CT molecular complexity index is 3950. The predicted molar refractivity (Wildman–Crippen MR) is 315 cm³/mol. The third kappa shape index (κ3) is 8.76. The standard InChI is InChI=1S/C71H56F3N3/c1-40-20-41(2)25-54(24-40)50-10-16-64-60(35-50)61-36-51(55-26-42(3)21-43(4)27-55)11-17-65(61)76(64)68-33-49(39-75)34-69(70(68)59-15-14-58(32-48(59)9)71(72,73)74)77-66-18-12-52(56-28-44(5)22-45(6)29-56)37-62(66)63-38-53(13-19-67(63)77)57-30-46(7)23-47(8)31-57/h10-38H,1-9H3. The van der Waals surface area contributed by atoms with Gasteiger partial charge in [-0.25, -0.2) is 0 Å². The minimum Gasteiger partial charge on any atom is -0.308 e. The molecule has 0 spiro atoms. The van der Waals surface area contributed by atoms with Crippen LogP contribution in [-0.4, -0.2) is 9.13 Å². The summed E-state index contributed by atoms with van der Waals surface area (Å²) < 4.78 is 48.4. The van der Waals surface area contributed by atoms with Gasteiger partial charge in [-0.1, -0.05) is 148 Å². The Morgan fingerprint density at radius 1 is 0.338 bits per heavy atom. The second-order valence-corrected chi connectivity index (χ2v) is 21.6. The summed E-state index contributed by atoms with van der Waals surface area (Å²) in [4.78, 5) is 0. The maximum absolute atomic E-state index is 14.7. The van der Waals surface area contributed by atoms with Gasteiger partial charge in [-0.15, -0.1) is 0 Å². The van der Waals surface area contributed by atoms with E-state index < -0.39 is 11.7 Å². The first kappa shape index (κ1) is 49.0. The molecule has 0 N–H and O–H groups in total.